The zero-order valence-electron chi connectivity index (χ0n) is 19.4. The maximum atomic E-state index is 12.7. The minimum atomic E-state index is -0.534. The van der Waals surface area contributed by atoms with E-state index >= 15 is 0 Å². The second-order valence-electron chi connectivity index (χ2n) is 8.71. The summed E-state index contributed by atoms with van der Waals surface area (Å²) in [5, 5.41) is 2.98. The van der Waals surface area contributed by atoms with Gasteiger partial charge in [-0.15, -0.1) is 0 Å². The van der Waals surface area contributed by atoms with Gasteiger partial charge < -0.3 is 15.0 Å². The van der Waals surface area contributed by atoms with Gasteiger partial charge in [-0.1, -0.05) is 49.4 Å². The highest BCUT2D eigenvalue weighted by Crippen LogP contribution is 2.34. The number of rotatable bonds is 9. The molecule has 176 valence electrons. The van der Waals surface area contributed by atoms with E-state index in [9.17, 15) is 9.59 Å². The maximum absolute atomic E-state index is 12.7. The number of carbonyl (C=O) groups is 2. The number of nitrogens with one attached hydrogen (secondary N) is 1. The molecule has 0 radical (unpaired) electrons. The molecule has 2 aliphatic heterocycles. The number of nitrogens with zero attached hydrogens (tertiary/aromatic N) is 3. The SMILES string of the molecule is CC[C@@H]1Oc2ccccc2N(CC(=O)NCCCN2CCN(Cc3ccccc3)CC2)C1=O. The molecule has 2 aromatic carbocycles. The van der Waals surface area contributed by atoms with E-state index in [2.05, 4.69) is 45.4 Å². The van der Waals surface area contributed by atoms with Crippen LogP contribution in [0.5, 0.6) is 5.75 Å². The number of carbonyl (C=O) groups excluding carboxylic acids is 2. The first kappa shape index (κ1) is 23.3. The van der Waals surface area contributed by atoms with E-state index < -0.39 is 6.10 Å². The summed E-state index contributed by atoms with van der Waals surface area (Å²) in [5.74, 6) is 0.366. The van der Waals surface area contributed by atoms with Gasteiger partial charge >= 0.3 is 0 Å². The highest BCUT2D eigenvalue weighted by atomic mass is 16.5. The molecule has 7 nitrogen and oxygen atoms in total. The van der Waals surface area contributed by atoms with Crippen LogP contribution in [0, 0.1) is 0 Å². The number of fused-ring (bicyclic) bond motifs is 1. The van der Waals surface area contributed by atoms with E-state index in [0.717, 1.165) is 45.7 Å². The third-order valence-corrected chi connectivity index (χ3v) is 6.33. The van der Waals surface area contributed by atoms with Crippen LogP contribution in [0.3, 0.4) is 0 Å². The Kier molecular flexibility index (Phi) is 7.96. The van der Waals surface area contributed by atoms with Gasteiger partial charge in [-0.3, -0.25) is 19.4 Å². The van der Waals surface area contributed by atoms with E-state index in [1.807, 2.05) is 31.2 Å². The number of anilines is 1. The molecule has 1 fully saturated rings. The molecule has 0 spiro atoms. The summed E-state index contributed by atoms with van der Waals surface area (Å²) in [6.45, 7) is 8.77. The van der Waals surface area contributed by atoms with Crippen molar-refractivity contribution in [1.82, 2.24) is 15.1 Å². The molecule has 2 amide bonds. The summed E-state index contributed by atoms with van der Waals surface area (Å²) in [6.07, 6.45) is 0.938. The van der Waals surface area contributed by atoms with Gasteiger partial charge in [0.2, 0.25) is 5.91 Å². The average Bonchev–Trinajstić information content (AvgIpc) is 2.85. The molecule has 2 aromatic rings. The lowest BCUT2D eigenvalue weighted by molar-refractivity contribution is -0.129. The maximum Gasteiger partial charge on any atom is 0.268 e. The van der Waals surface area contributed by atoms with E-state index in [0.29, 0.717) is 24.4 Å². The van der Waals surface area contributed by atoms with Gasteiger partial charge in [-0.2, -0.15) is 0 Å². The topological polar surface area (TPSA) is 65.1 Å². The molecule has 0 unspecified atom stereocenters. The first-order valence-electron chi connectivity index (χ1n) is 12.0. The number of hydrogen-bond donors (Lipinski definition) is 1. The Morgan fingerprint density at radius 2 is 1.70 bits per heavy atom. The van der Waals surface area contributed by atoms with Gasteiger partial charge in [0.15, 0.2) is 6.10 Å². The Morgan fingerprint density at radius 1 is 1.00 bits per heavy atom. The second kappa shape index (κ2) is 11.3. The van der Waals surface area contributed by atoms with E-state index in [1.54, 1.807) is 4.90 Å². The summed E-state index contributed by atoms with van der Waals surface area (Å²) in [6, 6.07) is 18.0. The van der Waals surface area contributed by atoms with Crippen molar-refractivity contribution in [1.29, 1.82) is 0 Å². The summed E-state index contributed by atoms with van der Waals surface area (Å²) >= 11 is 0. The molecule has 4 rings (SSSR count). The molecule has 1 saturated heterocycles. The van der Waals surface area contributed by atoms with Crippen molar-refractivity contribution in [2.45, 2.75) is 32.4 Å². The quantitative estimate of drug-likeness (QED) is 0.595. The molecular formula is C26H34N4O3. The molecule has 0 aromatic heterocycles. The molecule has 1 N–H and O–H groups in total. The van der Waals surface area contributed by atoms with Crippen molar-refractivity contribution >= 4 is 17.5 Å². The normalized spacial score (nSPS) is 19.1. The fourth-order valence-corrected chi connectivity index (χ4v) is 4.44. The molecular weight excluding hydrogens is 416 g/mol. The first-order chi connectivity index (χ1) is 16.1. The third kappa shape index (κ3) is 6.12. The smallest absolute Gasteiger partial charge is 0.268 e. The van der Waals surface area contributed by atoms with Gasteiger partial charge in [0.05, 0.1) is 5.69 Å². The van der Waals surface area contributed by atoms with Crippen molar-refractivity contribution in [2.24, 2.45) is 0 Å². The zero-order chi connectivity index (χ0) is 23.0. The minimum Gasteiger partial charge on any atom is -0.478 e. The fourth-order valence-electron chi connectivity index (χ4n) is 4.44. The molecule has 0 bridgehead atoms. The highest BCUT2D eigenvalue weighted by molar-refractivity contribution is 6.03. The number of piperazine rings is 1. The monoisotopic (exact) mass is 450 g/mol. The van der Waals surface area contributed by atoms with Crippen LogP contribution in [-0.2, 0) is 16.1 Å². The van der Waals surface area contributed by atoms with Crippen LogP contribution in [0.15, 0.2) is 54.6 Å². The standard InChI is InChI=1S/C26H34N4O3/c1-2-23-26(32)30(22-11-6-7-12-24(22)33-23)20-25(31)27-13-8-14-28-15-17-29(18-16-28)19-21-9-4-3-5-10-21/h3-7,9-12,23H,2,8,13-20H2,1H3,(H,27,31)/t23-/m0/s1. The fraction of sp³-hybridized carbons (Fsp3) is 0.462. The number of benzene rings is 2. The van der Waals surface area contributed by atoms with Crippen molar-refractivity contribution in [3.63, 3.8) is 0 Å². The van der Waals surface area contributed by atoms with Crippen LogP contribution in [0.1, 0.15) is 25.3 Å². The predicted octanol–water partition coefficient (Wildman–Crippen LogP) is 2.51. The lowest BCUT2D eigenvalue weighted by Gasteiger charge is -2.35. The highest BCUT2D eigenvalue weighted by Gasteiger charge is 2.34. The van der Waals surface area contributed by atoms with E-state index in [4.69, 9.17) is 4.74 Å². The Hall–Kier alpha value is -2.90. The Morgan fingerprint density at radius 3 is 2.45 bits per heavy atom. The van der Waals surface area contributed by atoms with Gasteiger partial charge in [-0.25, -0.2) is 0 Å². The number of amides is 2. The molecule has 0 aliphatic carbocycles. The molecule has 0 saturated carbocycles. The zero-order valence-corrected chi connectivity index (χ0v) is 19.4. The van der Waals surface area contributed by atoms with Crippen LogP contribution in [0.2, 0.25) is 0 Å². The largest absolute Gasteiger partial charge is 0.478 e. The molecule has 7 heteroatoms. The first-order valence-corrected chi connectivity index (χ1v) is 12.0. The van der Waals surface area contributed by atoms with Crippen molar-refractivity contribution in [3.8, 4) is 5.75 Å². The van der Waals surface area contributed by atoms with Gasteiger partial charge in [-0.05, 0) is 37.1 Å². The summed E-state index contributed by atoms with van der Waals surface area (Å²) in [7, 11) is 0. The summed E-state index contributed by atoms with van der Waals surface area (Å²) in [5.41, 5.74) is 2.02. The van der Waals surface area contributed by atoms with Crippen LogP contribution >= 0.6 is 0 Å². The number of ether oxygens (including phenoxy) is 1. The van der Waals surface area contributed by atoms with Crippen molar-refractivity contribution < 1.29 is 14.3 Å². The van der Waals surface area contributed by atoms with E-state index in [-0.39, 0.29) is 18.4 Å². The molecule has 33 heavy (non-hydrogen) atoms. The van der Waals surface area contributed by atoms with Crippen molar-refractivity contribution in [2.75, 3.05) is 50.7 Å². The van der Waals surface area contributed by atoms with Gasteiger partial charge in [0.25, 0.3) is 5.91 Å². The van der Waals surface area contributed by atoms with Gasteiger partial charge in [0.1, 0.15) is 12.3 Å². The summed E-state index contributed by atoms with van der Waals surface area (Å²) < 4.78 is 5.78. The minimum absolute atomic E-state index is 0.0217. The molecule has 2 heterocycles. The van der Waals surface area contributed by atoms with Crippen LogP contribution in [0.25, 0.3) is 0 Å². The Bertz CT molecular complexity index is 928. The second-order valence-corrected chi connectivity index (χ2v) is 8.71. The Labute approximate surface area is 196 Å². The third-order valence-electron chi connectivity index (χ3n) is 6.33. The summed E-state index contributed by atoms with van der Waals surface area (Å²) in [4.78, 5) is 31.8. The number of para-hydroxylation sites is 2. The van der Waals surface area contributed by atoms with Crippen molar-refractivity contribution in [3.05, 3.63) is 60.2 Å². The average molecular weight is 451 g/mol. The van der Waals surface area contributed by atoms with Gasteiger partial charge in [0, 0.05) is 39.3 Å². The Balaban J connectivity index is 1.17. The van der Waals surface area contributed by atoms with Crippen LogP contribution < -0.4 is 15.0 Å². The number of hydrogen-bond acceptors (Lipinski definition) is 5. The van der Waals surface area contributed by atoms with E-state index in [1.165, 1.54) is 5.56 Å². The molecule has 2 aliphatic rings. The lowest BCUT2D eigenvalue weighted by atomic mass is 10.1. The van der Waals surface area contributed by atoms with Crippen LogP contribution in [-0.4, -0.2) is 73.5 Å². The lowest BCUT2D eigenvalue weighted by Crippen LogP contribution is -2.50. The predicted molar refractivity (Wildman–Crippen MR) is 129 cm³/mol. The van der Waals surface area contributed by atoms with Crippen LogP contribution in [0.4, 0.5) is 5.69 Å². The molecule has 1 atom stereocenters.